The topological polar surface area (TPSA) is 228 Å². The Morgan fingerprint density at radius 1 is 0.449 bits per heavy atom. The van der Waals surface area contributed by atoms with E-state index in [4.69, 9.17) is 18.9 Å². The minimum Gasteiger partial charge on any atom is -0.394 e. The molecule has 0 radical (unpaired) electrons. The zero-order valence-electron chi connectivity index (χ0n) is 49.7. The van der Waals surface area contributed by atoms with Crippen molar-refractivity contribution in [3.05, 3.63) is 24.3 Å². The Morgan fingerprint density at radius 3 is 1.23 bits per heavy atom. The fraction of sp³-hybridized carbons (Fsp3) is 0.922. The van der Waals surface area contributed by atoms with Gasteiger partial charge in [0.2, 0.25) is 5.91 Å². The zero-order chi connectivity index (χ0) is 56.7. The van der Waals surface area contributed by atoms with Crippen LogP contribution in [-0.4, -0.2) is 140 Å². The van der Waals surface area contributed by atoms with Gasteiger partial charge in [0.05, 0.1) is 32.0 Å². The van der Waals surface area contributed by atoms with Crippen molar-refractivity contribution in [1.82, 2.24) is 5.32 Å². The molecule has 2 aliphatic rings. The molecule has 2 aliphatic heterocycles. The lowest BCUT2D eigenvalue weighted by Crippen LogP contribution is -2.65. The van der Waals surface area contributed by atoms with Crippen LogP contribution in [0.1, 0.15) is 284 Å². The monoisotopic (exact) mass is 1110 g/mol. The molecular formula is C64H121NO13. The van der Waals surface area contributed by atoms with Crippen LogP contribution in [0.15, 0.2) is 24.3 Å². The van der Waals surface area contributed by atoms with Crippen molar-refractivity contribution in [2.75, 3.05) is 19.8 Å². The van der Waals surface area contributed by atoms with Gasteiger partial charge in [-0.15, -0.1) is 0 Å². The average Bonchev–Trinajstić information content (AvgIpc) is 3.46. The van der Waals surface area contributed by atoms with Gasteiger partial charge in [0.1, 0.15) is 48.8 Å². The number of nitrogens with one attached hydrogen (secondary N) is 1. The van der Waals surface area contributed by atoms with Gasteiger partial charge in [-0.3, -0.25) is 4.79 Å². The molecule has 12 unspecified atom stereocenters. The maximum Gasteiger partial charge on any atom is 0.220 e. The van der Waals surface area contributed by atoms with E-state index < -0.39 is 86.8 Å². The second-order valence-corrected chi connectivity index (χ2v) is 23.2. The van der Waals surface area contributed by atoms with E-state index in [0.29, 0.717) is 12.8 Å². The Kier molecular flexibility index (Phi) is 46.5. The van der Waals surface area contributed by atoms with Crippen LogP contribution in [0.3, 0.4) is 0 Å². The molecule has 9 N–H and O–H groups in total. The molecule has 0 aliphatic carbocycles. The Balaban J connectivity index is 1.50. The lowest BCUT2D eigenvalue weighted by molar-refractivity contribution is -0.359. The summed E-state index contributed by atoms with van der Waals surface area (Å²) >= 11 is 0. The first-order valence-electron chi connectivity index (χ1n) is 32.6. The predicted molar refractivity (Wildman–Crippen MR) is 314 cm³/mol. The summed E-state index contributed by atoms with van der Waals surface area (Å²) in [5.74, 6) is -0.249. The number of unbranched alkanes of at least 4 members (excludes halogenated alkanes) is 38. The van der Waals surface area contributed by atoms with Gasteiger partial charge in [0.15, 0.2) is 12.6 Å². The number of carbonyl (C=O) groups excluding carboxylic acids is 1. The molecule has 0 spiro atoms. The van der Waals surface area contributed by atoms with E-state index in [0.717, 1.165) is 38.5 Å². The van der Waals surface area contributed by atoms with Crippen LogP contribution in [0.5, 0.6) is 0 Å². The number of hydrogen-bond acceptors (Lipinski definition) is 13. The van der Waals surface area contributed by atoms with E-state index in [1.807, 2.05) is 6.08 Å². The Hall–Kier alpha value is -1.53. The standard InChI is InChI=1S/C64H121NO13/c1-3-5-7-9-11-12-13-14-15-16-17-18-19-20-21-22-23-24-25-26-27-28-29-30-31-32-33-34-35-36-37-38-39-40-42-44-46-48-56(69)65-52(53(68)47-45-43-41-10-8-6-4-2)51-75-63-61(74)59(72)62(55(50-67)77-63)78-64-60(73)58(71)57(70)54(49-66)76-64/h8,10,45,47,52-55,57-64,66-68,70-74H,3-7,9,11-44,46,48-51H2,1-2H3,(H,65,69)/b10-8+,47-45+. The summed E-state index contributed by atoms with van der Waals surface area (Å²) in [6, 6.07) is -0.925. The molecule has 2 fully saturated rings. The molecule has 0 saturated carbocycles. The summed E-state index contributed by atoms with van der Waals surface area (Å²) in [5, 5.41) is 86.6. The van der Waals surface area contributed by atoms with Crippen molar-refractivity contribution in [2.45, 2.75) is 357 Å². The summed E-state index contributed by atoms with van der Waals surface area (Å²) in [7, 11) is 0. The van der Waals surface area contributed by atoms with Crippen molar-refractivity contribution in [2.24, 2.45) is 0 Å². The number of aliphatic hydroxyl groups is 8. The Morgan fingerprint density at radius 2 is 0.821 bits per heavy atom. The number of hydrogen-bond donors (Lipinski definition) is 9. The fourth-order valence-electron chi connectivity index (χ4n) is 10.9. The molecule has 0 aromatic carbocycles. The van der Waals surface area contributed by atoms with Crippen LogP contribution >= 0.6 is 0 Å². The SMILES string of the molecule is CCC/C=C/CC/C=C/C(O)C(COC1OC(CO)C(OC2OC(CO)C(O)C(O)C2O)C(O)C1O)NC(=O)CCCCCCCCCCCCCCCCCCCCCCCCCCCCCCCCCCCCCCC. The molecule has 12 atom stereocenters. The highest BCUT2D eigenvalue weighted by atomic mass is 16.7. The number of amides is 1. The quantitative estimate of drug-likeness (QED) is 0.0204. The van der Waals surface area contributed by atoms with Crippen LogP contribution in [0, 0.1) is 0 Å². The highest BCUT2D eigenvalue weighted by molar-refractivity contribution is 5.76. The van der Waals surface area contributed by atoms with Gasteiger partial charge in [0.25, 0.3) is 0 Å². The molecule has 2 rings (SSSR count). The van der Waals surface area contributed by atoms with Gasteiger partial charge >= 0.3 is 0 Å². The van der Waals surface area contributed by atoms with Gasteiger partial charge in [-0.2, -0.15) is 0 Å². The normalized spacial score (nSPS) is 24.6. The van der Waals surface area contributed by atoms with E-state index >= 15 is 0 Å². The van der Waals surface area contributed by atoms with E-state index in [1.165, 1.54) is 212 Å². The van der Waals surface area contributed by atoms with Crippen molar-refractivity contribution < 1.29 is 64.6 Å². The summed E-state index contributed by atoms with van der Waals surface area (Å²) in [4.78, 5) is 13.2. The third kappa shape index (κ3) is 34.8. The summed E-state index contributed by atoms with van der Waals surface area (Å²) in [6.45, 7) is 2.68. The van der Waals surface area contributed by atoms with Crippen LogP contribution in [-0.2, 0) is 23.7 Å². The number of rotatable bonds is 53. The zero-order valence-corrected chi connectivity index (χ0v) is 49.7. The second kappa shape index (κ2) is 50.0. The summed E-state index contributed by atoms with van der Waals surface area (Å²) < 4.78 is 22.6. The van der Waals surface area contributed by atoms with Gasteiger partial charge in [-0.25, -0.2) is 0 Å². The van der Waals surface area contributed by atoms with E-state index in [2.05, 4.69) is 31.3 Å². The molecule has 14 heteroatoms. The smallest absolute Gasteiger partial charge is 0.220 e. The van der Waals surface area contributed by atoms with Crippen molar-refractivity contribution in [1.29, 1.82) is 0 Å². The maximum atomic E-state index is 13.2. The largest absolute Gasteiger partial charge is 0.394 e. The first kappa shape index (κ1) is 72.6. The third-order valence-electron chi connectivity index (χ3n) is 16.1. The van der Waals surface area contributed by atoms with E-state index in [1.54, 1.807) is 6.08 Å². The number of carbonyl (C=O) groups is 1. The lowest BCUT2D eigenvalue weighted by Gasteiger charge is -2.46. The van der Waals surface area contributed by atoms with Gasteiger partial charge in [-0.1, -0.05) is 276 Å². The number of ether oxygens (including phenoxy) is 4. The number of allylic oxidation sites excluding steroid dienone is 3. The van der Waals surface area contributed by atoms with Crippen molar-refractivity contribution in [3.8, 4) is 0 Å². The molecule has 0 aromatic heterocycles. The minimum atomic E-state index is -1.79. The average molecular weight is 1110 g/mol. The Bertz CT molecular complexity index is 1400. The molecule has 78 heavy (non-hydrogen) atoms. The maximum absolute atomic E-state index is 13.2. The fourth-order valence-corrected chi connectivity index (χ4v) is 10.9. The highest BCUT2D eigenvalue weighted by Crippen LogP contribution is 2.30. The minimum absolute atomic E-state index is 0.249. The summed E-state index contributed by atoms with van der Waals surface area (Å²) in [6.07, 6.45) is 44.7. The molecule has 1 amide bonds. The number of aliphatic hydroxyl groups excluding tert-OH is 8. The van der Waals surface area contributed by atoms with Crippen molar-refractivity contribution in [3.63, 3.8) is 0 Å². The molecule has 0 aromatic rings. The van der Waals surface area contributed by atoms with Crippen LogP contribution in [0.2, 0.25) is 0 Å². The molecule has 2 saturated heterocycles. The van der Waals surface area contributed by atoms with Gasteiger partial charge in [0, 0.05) is 6.42 Å². The molecule has 14 nitrogen and oxygen atoms in total. The van der Waals surface area contributed by atoms with Gasteiger partial charge < -0.3 is 65.1 Å². The lowest BCUT2D eigenvalue weighted by atomic mass is 9.97. The highest BCUT2D eigenvalue weighted by Gasteiger charge is 2.51. The first-order chi connectivity index (χ1) is 38.1. The summed E-state index contributed by atoms with van der Waals surface area (Å²) in [5.41, 5.74) is 0. The second-order valence-electron chi connectivity index (χ2n) is 23.2. The Labute approximate surface area is 475 Å². The third-order valence-corrected chi connectivity index (χ3v) is 16.1. The van der Waals surface area contributed by atoms with E-state index in [9.17, 15) is 45.6 Å². The molecule has 460 valence electrons. The molecular weight excluding hydrogens is 991 g/mol. The van der Waals surface area contributed by atoms with Crippen LogP contribution in [0.25, 0.3) is 0 Å². The van der Waals surface area contributed by atoms with Crippen LogP contribution in [0.4, 0.5) is 0 Å². The van der Waals surface area contributed by atoms with Crippen molar-refractivity contribution >= 4 is 5.91 Å². The van der Waals surface area contributed by atoms with Gasteiger partial charge in [-0.05, 0) is 25.7 Å². The van der Waals surface area contributed by atoms with E-state index in [-0.39, 0.29) is 18.9 Å². The molecule has 0 bridgehead atoms. The first-order valence-corrected chi connectivity index (χ1v) is 32.6. The molecule has 2 heterocycles. The van der Waals surface area contributed by atoms with Crippen LogP contribution < -0.4 is 5.32 Å². The predicted octanol–water partition coefficient (Wildman–Crippen LogP) is 12.0.